The molecule has 1 N–H and O–H groups in total. The number of rotatable bonds is 9. The maximum absolute atomic E-state index is 11.1. The van der Waals surface area contributed by atoms with Gasteiger partial charge in [-0.15, -0.1) is 0 Å². The van der Waals surface area contributed by atoms with E-state index in [1.54, 1.807) is 0 Å². The molecule has 5 nitrogen and oxygen atoms in total. The molecule has 1 rings (SSSR count). The Bertz CT molecular complexity index is 465. The van der Waals surface area contributed by atoms with E-state index < -0.39 is 0 Å². The lowest BCUT2D eigenvalue weighted by atomic mass is 10.2. The summed E-state index contributed by atoms with van der Waals surface area (Å²) < 4.78 is 16.8. The summed E-state index contributed by atoms with van der Waals surface area (Å²) in [5.41, 5.74) is 1.11. The number of ether oxygens (including phenoxy) is 3. The molecule has 21 heavy (non-hydrogen) atoms. The van der Waals surface area contributed by atoms with Crippen LogP contribution < -0.4 is 14.8 Å². The smallest absolute Gasteiger partial charge is 0.305 e. The van der Waals surface area contributed by atoms with Gasteiger partial charge in [0.15, 0.2) is 11.5 Å². The highest BCUT2D eigenvalue weighted by Gasteiger charge is 2.12. The molecule has 0 aliphatic rings. The molecule has 0 aliphatic heterocycles. The Morgan fingerprint density at radius 2 is 2.10 bits per heavy atom. The van der Waals surface area contributed by atoms with Crippen LogP contribution in [0.4, 0.5) is 0 Å². The minimum Gasteiger partial charge on any atom is -0.490 e. The Morgan fingerprint density at radius 3 is 2.71 bits per heavy atom. The third-order valence-electron chi connectivity index (χ3n) is 2.75. The fourth-order valence-electron chi connectivity index (χ4n) is 1.82. The SMILES string of the molecule is CCOc1cc(CNC)cc(Br)c1OCCCC(=O)OC. The van der Waals surface area contributed by atoms with Crippen molar-refractivity contribution < 1.29 is 19.0 Å². The maximum atomic E-state index is 11.1. The summed E-state index contributed by atoms with van der Waals surface area (Å²) in [6.07, 6.45) is 0.943. The van der Waals surface area contributed by atoms with E-state index in [1.165, 1.54) is 7.11 Å². The summed E-state index contributed by atoms with van der Waals surface area (Å²) in [6.45, 7) is 3.67. The molecule has 0 radical (unpaired) electrons. The van der Waals surface area contributed by atoms with E-state index in [-0.39, 0.29) is 5.97 Å². The molecule has 0 heterocycles. The molecule has 0 saturated heterocycles. The van der Waals surface area contributed by atoms with Crippen molar-refractivity contribution in [3.05, 3.63) is 22.2 Å². The Morgan fingerprint density at radius 1 is 1.33 bits per heavy atom. The van der Waals surface area contributed by atoms with Gasteiger partial charge in [0, 0.05) is 13.0 Å². The Hall–Kier alpha value is -1.27. The van der Waals surface area contributed by atoms with Gasteiger partial charge in [-0.1, -0.05) is 0 Å². The van der Waals surface area contributed by atoms with Gasteiger partial charge in [-0.2, -0.15) is 0 Å². The number of methoxy groups -OCH3 is 1. The number of halogens is 1. The third-order valence-corrected chi connectivity index (χ3v) is 3.34. The average Bonchev–Trinajstić information content (AvgIpc) is 2.46. The van der Waals surface area contributed by atoms with E-state index in [0.717, 1.165) is 16.6 Å². The van der Waals surface area contributed by atoms with Crippen molar-refractivity contribution in [3.63, 3.8) is 0 Å². The molecule has 1 aromatic rings. The zero-order chi connectivity index (χ0) is 15.7. The molecule has 6 heteroatoms. The summed E-state index contributed by atoms with van der Waals surface area (Å²) in [6, 6.07) is 3.95. The Labute approximate surface area is 134 Å². The minimum atomic E-state index is -0.230. The number of carbonyl (C=O) groups is 1. The minimum absolute atomic E-state index is 0.230. The van der Waals surface area contributed by atoms with Gasteiger partial charge in [0.1, 0.15) is 0 Å². The Balaban J connectivity index is 2.72. The van der Waals surface area contributed by atoms with Crippen molar-refractivity contribution in [2.75, 3.05) is 27.4 Å². The second-order valence-corrected chi connectivity index (χ2v) is 5.25. The van der Waals surface area contributed by atoms with Gasteiger partial charge >= 0.3 is 5.97 Å². The number of hydrogen-bond donors (Lipinski definition) is 1. The average molecular weight is 360 g/mol. The van der Waals surface area contributed by atoms with Crippen LogP contribution in [0, 0.1) is 0 Å². The van der Waals surface area contributed by atoms with Crippen LogP contribution in [0.5, 0.6) is 11.5 Å². The highest BCUT2D eigenvalue weighted by atomic mass is 79.9. The first-order chi connectivity index (χ1) is 10.1. The summed E-state index contributed by atoms with van der Waals surface area (Å²) in [7, 11) is 3.28. The molecule has 0 atom stereocenters. The van der Waals surface area contributed by atoms with Gasteiger partial charge in [-0.3, -0.25) is 4.79 Å². The van der Waals surface area contributed by atoms with E-state index in [1.807, 2.05) is 26.1 Å². The zero-order valence-corrected chi connectivity index (χ0v) is 14.3. The lowest BCUT2D eigenvalue weighted by Gasteiger charge is -2.15. The van der Waals surface area contributed by atoms with Gasteiger partial charge in [0.2, 0.25) is 0 Å². The van der Waals surface area contributed by atoms with Crippen LogP contribution in [0.3, 0.4) is 0 Å². The van der Waals surface area contributed by atoms with Crippen LogP contribution in [-0.4, -0.2) is 33.3 Å². The van der Waals surface area contributed by atoms with Crippen molar-refractivity contribution in [3.8, 4) is 11.5 Å². The molecule has 0 bridgehead atoms. The molecular formula is C15H22BrNO4. The predicted octanol–water partition coefficient (Wildman–Crippen LogP) is 2.90. The second kappa shape index (κ2) is 9.63. The van der Waals surface area contributed by atoms with Crippen LogP contribution in [-0.2, 0) is 16.1 Å². The number of nitrogens with one attached hydrogen (secondary N) is 1. The van der Waals surface area contributed by atoms with Gasteiger partial charge in [0.25, 0.3) is 0 Å². The standard InChI is InChI=1S/C15H22BrNO4/c1-4-20-13-9-11(10-17-2)8-12(16)15(13)21-7-5-6-14(18)19-3/h8-9,17H,4-7,10H2,1-3H3. The van der Waals surface area contributed by atoms with Gasteiger partial charge in [-0.05, 0) is 54.0 Å². The monoisotopic (exact) mass is 359 g/mol. The molecule has 0 saturated carbocycles. The van der Waals surface area contributed by atoms with Crippen molar-refractivity contribution in [1.82, 2.24) is 5.32 Å². The molecular weight excluding hydrogens is 338 g/mol. The largest absolute Gasteiger partial charge is 0.490 e. The highest BCUT2D eigenvalue weighted by Crippen LogP contribution is 2.37. The number of hydrogen-bond acceptors (Lipinski definition) is 5. The third kappa shape index (κ3) is 5.93. The highest BCUT2D eigenvalue weighted by molar-refractivity contribution is 9.10. The van der Waals surface area contributed by atoms with Crippen molar-refractivity contribution >= 4 is 21.9 Å². The molecule has 0 aromatic heterocycles. The van der Waals surface area contributed by atoms with Gasteiger partial charge in [0.05, 0.1) is 24.8 Å². The summed E-state index contributed by atoms with van der Waals surface area (Å²) in [5, 5.41) is 3.10. The van der Waals surface area contributed by atoms with Crippen LogP contribution >= 0.6 is 15.9 Å². The van der Waals surface area contributed by atoms with Crippen LogP contribution in [0.2, 0.25) is 0 Å². The van der Waals surface area contributed by atoms with E-state index in [9.17, 15) is 4.79 Å². The zero-order valence-electron chi connectivity index (χ0n) is 12.7. The molecule has 0 amide bonds. The fourth-order valence-corrected chi connectivity index (χ4v) is 2.43. The second-order valence-electron chi connectivity index (χ2n) is 4.40. The van der Waals surface area contributed by atoms with Crippen molar-refractivity contribution in [1.29, 1.82) is 0 Å². The number of esters is 1. The maximum Gasteiger partial charge on any atom is 0.305 e. The first-order valence-corrected chi connectivity index (χ1v) is 7.71. The van der Waals surface area contributed by atoms with E-state index >= 15 is 0 Å². The topological polar surface area (TPSA) is 56.8 Å². The quantitative estimate of drug-likeness (QED) is 0.542. The van der Waals surface area contributed by atoms with Gasteiger partial charge < -0.3 is 19.5 Å². The van der Waals surface area contributed by atoms with Crippen LogP contribution in [0.25, 0.3) is 0 Å². The summed E-state index contributed by atoms with van der Waals surface area (Å²) >= 11 is 3.51. The molecule has 0 spiro atoms. The van der Waals surface area contributed by atoms with Gasteiger partial charge in [-0.25, -0.2) is 0 Å². The summed E-state index contributed by atoms with van der Waals surface area (Å²) in [4.78, 5) is 11.1. The van der Waals surface area contributed by atoms with Crippen LogP contribution in [0.15, 0.2) is 16.6 Å². The number of carbonyl (C=O) groups excluding carboxylic acids is 1. The van der Waals surface area contributed by atoms with E-state index in [2.05, 4.69) is 26.0 Å². The van der Waals surface area contributed by atoms with Crippen LogP contribution in [0.1, 0.15) is 25.3 Å². The first-order valence-electron chi connectivity index (χ1n) is 6.91. The summed E-state index contributed by atoms with van der Waals surface area (Å²) in [5.74, 6) is 1.14. The number of benzene rings is 1. The normalized spacial score (nSPS) is 10.3. The fraction of sp³-hybridized carbons (Fsp3) is 0.533. The molecule has 0 unspecified atom stereocenters. The molecule has 0 fully saturated rings. The molecule has 0 aliphatic carbocycles. The predicted molar refractivity (Wildman–Crippen MR) is 84.8 cm³/mol. The van der Waals surface area contributed by atoms with E-state index in [0.29, 0.717) is 37.6 Å². The van der Waals surface area contributed by atoms with Crippen molar-refractivity contribution in [2.24, 2.45) is 0 Å². The van der Waals surface area contributed by atoms with E-state index in [4.69, 9.17) is 9.47 Å². The molecule has 118 valence electrons. The Kier molecular flexibility index (Phi) is 8.15. The first kappa shape index (κ1) is 17.8. The molecule has 1 aromatic carbocycles. The lowest BCUT2D eigenvalue weighted by molar-refractivity contribution is -0.140. The lowest BCUT2D eigenvalue weighted by Crippen LogP contribution is -2.08. The van der Waals surface area contributed by atoms with Crippen molar-refractivity contribution in [2.45, 2.75) is 26.3 Å².